The summed E-state index contributed by atoms with van der Waals surface area (Å²) in [6.45, 7) is 6.60. The van der Waals surface area contributed by atoms with Gasteiger partial charge in [-0.05, 0) is 30.0 Å². The van der Waals surface area contributed by atoms with E-state index in [9.17, 15) is 0 Å². The van der Waals surface area contributed by atoms with Crippen molar-refractivity contribution in [1.82, 2.24) is 10.2 Å². The molecular formula is C16H24N2O. The van der Waals surface area contributed by atoms with Crippen LogP contribution in [0, 0.1) is 5.92 Å². The Morgan fingerprint density at radius 2 is 2.16 bits per heavy atom. The largest absolute Gasteiger partial charge is 0.380 e. The monoisotopic (exact) mass is 260 g/mol. The van der Waals surface area contributed by atoms with Gasteiger partial charge in [0.1, 0.15) is 0 Å². The van der Waals surface area contributed by atoms with Crippen molar-refractivity contribution >= 4 is 0 Å². The average Bonchev–Trinajstić information content (AvgIpc) is 2.47. The minimum atomic E-state index is 0.378. The molecule has 3 rings (SSSR count). The molecule has 1 fully saturated rings. The van der Waals surface area contributed by atoms with Crippen LogP contribution in [0.25, 0.3) is 0 Å². The van der Waals surface area contributed by atoms with Gasteiger partial charge in [0.05, 0.1) is 6.10 Å². The minimum absolute atomic E-state index is 0.378. The highest BCUT2D eigenvalue weighted by Gasteiger charge is 2.32. The van der Waals surface area contributed by atoms with E-state index in [0.717, 1.165) is 19.6 Å². The van der Waals surface area contributed by atoms with Crippen molar-refractivity contribution in [2.24, 2.45) is 5.92 Å². The van der Waals surface area contributed by atoms with Crippen LogP contribution >= 0.6 is 0 Å². The number of piperidine rings is 1. The van der Waals surface area contributed by atoms with E-state index in [1.165, 1.54) is 24.1 Å². The molecule has 3 heteroatoms. The van der Waals surface area contributed by atoms with E-state index in [1.54, 1.807) is 0 Å². The highest BCUT2D eigenvalue weighted by Crippen LogP contribution is 2.31. The van der Waals surface area contributed by atoms with Crippen molar-refractivity contribution < 1.29 is 4.74 Å². The molecule has 1 aromatic carbocycles. The van der Waals surface area contributed by atoms with E-state index in [1.807, 2.05) is 7.11 Å². The van der Waals surface area contributed by atoms with Gasteiger partial charge in [-0.3, -0.25) is 4.90 Å². The van der Waals surface area contributed by atoms with Crippen LogP contribution in [0.1, 0.15) is 30.5 Å². The van der Waals surface area contributed by atoms with Crippen LogP contribution in [0.3, 0.4) is 0 Å². The molecule has 0 radical (unpaired) electrons. The first-order chi connectivity index (χ1) is 9.29. The van der Waals surface area contributed by atoms with Crippen molar-refractivity contribution in [2.45, 2.75) is 32.0 Å². The van der Waals surface area contributed by atoms with Crippen molar-refractivity contribution in [3.63, 3.8) is 0 Å². The van der Waals surface area contributed by atoms with Gasteiger partial charge in [-0.1, -0.05) is 31.2 Å². The molecular weight excluding hydrogens is 236 g/mol. The number of ether oxygens (including phenoxy) is 1. The van der Waals surface area contributed by atoms with E-state index in [4.69, 9.17) is 4.74 Å². The summed E-state index contributed by atoms with van der Waals surface area (Å²) in [5.41, 5.74) is 2.96. The zero-order valence-corrected chi connectivity index (χ0v) is 11.9. The normalized spacial score (nSPS) is 32.0. The fourth-order valence-electron chi connectivity index (χ4n) is 3.45. The molecule has 2 heterocycles. The maximum Gasteiger partial charge on any atom is 0.0724 e. The van der Waals surface area contributed by atoms with E-state index >= 15 is 0 Å². The van der Waals surface area contributed by atoms with Gasteiger partial charge in [0.25, 0.3) is 0 Å². The van der Waals surface area contributed by atoms with Gasteiger partial charge in [0, 0.05) is 32.8 Å². The Bertz CT molecular complexity index is 435. The van der Waals surface area contributed by atoms with Crippen molar-refractivity contribution in [3.05, 3.63) is 35.4 Å². The van der Waals surface area contributed by atoms with Crippen LogP contribution in [0.5, 0.6) is 0 Å². The molecule has 0 bridgehead atoms. The molecule has 104 valence electrons. The third-order valence-electron chi connectivity index (χ3n) is 4.73. The molecule has 2 aliphatic heterocycles. The SMILES string of the molecule is COC1CN(C2CNCc3ccccc32)CCC1C. The number of fused-ring (bicyclic) bond motifs is 1. The lowest BCUT2D eigenvalue weighted by Crippen LogP contribution is -2.49. The van der Waals surface area contributed by atoms with Gasteiger partial charge in [-0.15, -0.1) is 0 Å². The Morgan fingerprint density at radius 3 is 3.00 bits per heavy atom. The highest BCUT2D eigenvalue weighted by molar-refractivity contribution is 5.32. The van der Waals surface area contributed by atoms with E-state index in [2.05, 4.69) is 41.4 Å². The lowest BCUT2D eigenvalue weighted by Gasteiger charge is -2.42. The smallest absolute Gasteiger partial charge is 0.0724 e. The topological polar surface area (TPSA) is 24.5 Å². The van der Waals surface area contributed by atoms with Gasteiger partial charge >= 0.3 is 0 Å². The number of nitrogens with one attached hydrogen (secondary N) is 1. The molecule has 1 saturated heterocycles. The van der Waals surface area contributed by atoms with Crippen LogP contribution < -0.4 is 5.32 Å². The summed E-state index contributed by atoms with van der Waals surface area (Å²) in [4.78, 5) is 2.60. The first-order valence-corrected chi connectivity index (χ1v) is 7.35. The molecule has 1 aromatic rings. The Balaban J connectivity index is 1.80. The van der Waals surface area contributed by atoms with Crippen LogP contribution in [0.15, 0.2) is 24.3 Å². The van der Waals surface area contributed by atoms with Gasteiger partial charge in [0.2, 0.25) is 0 Å². The summed E-state index contributed by atoms with van der Waals surface area (Å²) < 4.78 is 5.65. The van der Waals surface area contributed by atoms with Gasteiger partial charge in [0.15, 0.2) is 0 Å². The Morgan fingerprint density at radius 1 is 1.32 bits per heavy atom. The molecule has 0 saturated carbocycles. The second-order valence-corrected chi connectivity index (χ2v) is 5.88. The molecule has 1 N–H and O–H groups in total. The summed E-state index contributed by atoms with van der Waals surface area (Å²) in [5, 5.41) is 3.55. The number of hydrogen-bond acceptors (Lipinski definition) is 3. The predicted molar refractivity (Wildman–Crippen MR) is 77.0 cm³/mol. The van der Waals surface area contributed by atoms with Crippen LogP contribution in [0.2, 0.25) is 0 Å². The summed E-state index contributed by atoms with van der Waals surface area (Å²) in [6.07, 6.45) is 1.61. The third-order valence-corrected chi connectivity index (χ3v) is 4.73. The predicted octanol–water partition coefficient (Wildman–Crippen LogP) is 2.19. The van der Waals surface area contributed by atoms with Crippen LogP contribution in [-0.2, 0) is 11.3 Å². The first kappa shape index (κ1) is 13.1. The fraction of sp³-hybridized carbons (Fsp3) is 0.625. The van der Waals surface area contributed by atoms with Gasteiger partial charge in [-0.25, -0.2) is 0 Å². The fourth-order valence-corrected chi connectivity index (χ4v) is 3.45. The van der Waals surface area contributed by atoms with E-state index in [-0.39, 0.29) is 0 Å². The molecule has 0 aliphatic carbocycles. The second kappa shape index (κ2) is 5.61. The number of benzene rings is 1. The summed E-state index contributed by atoms with van der Waals surface area (Å²) in [5.74, 6) is 0.674. The molecule has 3 nitrogen and oxygen atoms in total. The summed E-state index contributed by atoms with van der Waals surface area (Å²) in [6, 6.07) is 9.35. The molecule has 0 aromatic heterocycles. The maximum absolute atomic E-state index is 5.65. The van der Waals surface area contributed by atoms with Gasteiger partial charge in [-0.2, -0.15) is 0 Å². The molecule has 3 atom stereocenters. The third kappa shape index (κ3) is 2.55. The van der Waals surface area contributed by atoms with Gasteiger partial charge < -0.3 is 10.1 Å². The molecule has 0 amide bonds. The summed E-state index contributed by atoms with van der Waals surface area (Å²) in [7, 11) is 1.84. The Kier molecular flexibility index (Phi) is 3.87. The lowest BCUT2D eigenvalue weighted by molar-refractivity contribution is -0.0204. The minimum Gasteiger partial charge on any atom is -0.380 e. The maximum atomic E-state index is 5.65. The Labute approximate surface area is 115 Å². The number of rotatable bonds is 2. The quantitative estimate of drug-likeness (QED) is 0.882. The molecule has 2 aliphatic rings. The highest BCUT2D eigenvalue weighted by atomic mass is 16.5. The van der Waals surface area contributed by atoms with Crippen molar-refractivity contribution in [1.29, 1.82) is 0 Å². The zero-order chi connectivity index (χ0) is 13.2. The number of methoxy groups -OCH3 is 1. The lowest BCUT2D eigenvalue weighted by atomic mass is 9.90. The van der Waals surface area contributed by atoms with Crippen LogP contribution in [0.4, 0.5) is 0 Å². The number of hydrogen-bond donors (Lipinski definition) is 1. The number of nitrogens with zero attached hydrogens (tertiary/aromatic N) is 1. The molecule has 0 spiro atoms. The Hall–Kier alpha value is -0.900. The van der Waals surface area contributed by atoms with E-state index in [0.29, 0.717) is 18.1 Å². The standard InChI is InChI=1S/C16H24N2O/c1-12-7-8-18(11-16(12)19-2)15-10-17-9-13-5-3-4-6-14(13)15/h3-6,12,15-17H,7-11H2,1-2H3. The van der Waals surface area contributed by atoms with Crippen molar-refractivity contribution in [2.75, 3.05) is 26.7 Å². The van der Waals surface area contributed by atoms with Crippen LogP contribution in [-0.4, -0.2) is 37.7 Å². The summed E-state index contributed by atoms with van der Waals surface area (Å²) >= 11 is 0. The average molecular weight is 260 g/mol. The molecule has 3 unspecified atom stereocenters. The van der Waals surface area contributed by atoms with E-state index < -0.39 is 0 Å². The molecule has 19 heavy (non-hydrogen) atoms. The van der Waals surface area contributed by atoms with Crippen molar-refractivity contribution in [3.8, 4) is 0 Å². The first-order valence-electron chi connectivity index (χ1n) is 7.35. The second-order valence-electron chi connectivity index (χ2n) is 5.88. The number of likely N-dealkylation sites (tertiary alicyclic amines) is 1. The zero-order valence-electron chi connectivity index (χ0n) is 11.9.